The van der Waals surface area contributed by atoms with Crippen LogP contribution in [0.2, 0.25) is 0 Å². The molecule has 9 heteroatoms. The molecular formula is C23H22FN3O4S. The highest BCUT2D eigenvalue weighted by molar-refractivity contribution is 7.89. The molecule has 1 fully saturated rings. The van der Waals surface area contributed by atoms with E-state index in [1.165, 1.54) is 16.4 Å². The molecule has 0 bridgehead atoms. The summed E-state index contributed by atoms with van der Waals surface area (Å²) in [6.45, 7) is 1.18. The molecule has 0 atom stereocenters. The Balaban J connectivity index is 1.40. The summed E-state index contributed by atoms with van der Waals surface area (Å²) in [5.41, 5.74) is 0.498. The summed E-state index contributed by atoms with van der Waals surface area (Å²) in [5, 5.41) is 0. The molecular weight excluding hydrogens is 433 g/mol. The zero-order valence-corrected chi connectivity index (χ0v) is 18.0. The van der Waals surface area contributed by atoms with Crippen molar-refractivity contribution in [2.24, 2.45) is 0 Å². The van der Waals surface area contributed by atoms with Crippen LogP contribution in [0.1, 0.15) is 16.8 Å². The van der Waals surface area contributed by atoms with E-state index in [9.17, 15) is 17.6 Å². The van der Waals surface area contributed by atoms with E-state index in [1.807, 2.05) is 0 Å². The molecule has 0 spiro atoms. The van der Waals surface area contributed by atoms with E-state index < -0.39 is 15.8 Å². The van der Waals surface area contributed by atoms with Crippen molar-refractivity contribution in [1.29, 1.82) is 0 Å². The number of sulfonamides is 1. The third-order valence-electron chi connectivity index (χ3n) is 5.16. The van der Waals surface area contributed by atoms with Gasteiger partial charge in [-0.3, -0.25) is 9.78 Å². The fourth-order valence-corrected chi connectivity index (χ4v) is 4.95. The summed E-state index contributed by atoms with van der Waals surface area (Å²) < 4.78 is 45.9. The molecule has 2 heterocycles. The lowest BCUT2D eigenvalue weighted by Gasteiger charge is -2.22. The second-order valence-electron chi connectivity index (χ2n) is 7.32. The summed E-state index contributed by atoms with van der Waals surface area (Å²) in [7, 11) is -3.74. The lowest BCUT2D eigenvalue weighted by atomic mass is 10.2. The average molecular weight is 456 g/mol. The maximum Gasteiger partial charge on any atom is 0.253 e. The normalized spacial score (nSPS) is 15.2. The summed E-state index contributed by atoms with van der Waals surface area (Å²) in [6.07, 6.45) is 3.76. The van der Waals surface area contributed by atoms with Crippen LogP contribution >= 0.6 is 0 Å². The second kappa shape index (κ2) is 9.46. The third-order valence-corrected chi connectivity index (χ3v) is 7.08. The highest BCUT2D eigenvalue weighted by Crippen LogP contribution is 2.22. The minimum Gasteiger partial charge on any atom is -0.456 e. The molecule has 1 amide bonds. The topological polar surface area (TPSA) is 79.8 Å². The van der Waals surface area contributed by atoms with Gasteiger partial charge in [0.25, 0.3) is 5.91 Å². The lowest BCUT2D eigenvalue weighted by Crippen LogP contribution is -2.37. The SMILES string of the molecule is O=C(c1ccc(Oc2cccnc2)cc1)N1CCCN(S(=O)(=O)c2ccc(F)cc2)CC1. The molecule has 2 aromatic carbocycles. The zero-order chi connectivity index (χ0) is 22.6. The zero-order valence-electron chi connectivity index (χ0n) is 17.2. The molecule has 1 aliphatic rings. The Kier molecular flexibility index (Phi) is 6.48. The van der Waals surface area contributed by atoms with Gasteiger partial charge in [-0.1, -0.05) is 0 Å². The number of carbonyl (C=O) groups is 1. The first-order valence-corrected chi connectivity index (χ1v) is 11.6. The first-order chi connectivity index (χ1) is 15.4. The second-order valence-corrected chi connectivity index (χ2v) is 9.26. The number of rotatable bonds is 5. The van der Waals surface area contributed by atoms with Crippen LogP contribution in [0.5, 0.6) is 11.5 Å². The van der Waals surface area contributed by atoms with Crippen LogP contribution < -0.4 is 4.74 Å². The summed E-state index contributed by atoms with van der Waals surface area (Å²) >= 11 is 0. The fraction of sp³-hybridized carbons (Fsp3) is 0.217. The first-order valence-electron chi connectivity index (χ1n) is 10.2. The smallest absolute Gasteiger partial charge is 0.253 e. The highest BCUT2D eigenvalue weighted by atomic mass is 32.2. The average Bonchev–Trinajstić information content (AvgIpc) is 3.07. The minimum absolute atomic E-state index is 0.0443. The number of halogens is 1. The van der Waals surface area contributed by atoms with Gasteiger partial charge in [0, 0.05) is 37.9 Å². The van der Waals surface area contributed by atoms with E-state index in [0.29, 0.717) is 36.6 Å². The van der Waals surface area contributed by atoms with Gasteiger partial charge < -0.3 is 9.64 Å². The van der Waals surface area contributed by atoms with E-state index in [1.54, 1.807) is 53.7 Å². The van der Waals surface area contributed by atoms with E-state index in [0.717, 1.165) is 12.1 Å². The van der Waals surface area contributed by atoms with E-state index in [-0.39, 0.29) is 23.9 Å². The van der Waals surface area contributed by atoms with Gasteiger partial charge in [0.05, 0.1) is 11.1 Å². The Morgan fingerprint density at radius 2 is 1.66 bits per heavy atom. The van der Waals surface area contributed by atoms with Gasteiger partial charge in [-0.25, -0.2) is 12.8 Å². The molecule has 1 saturated heterocycles. The minimum atomic E-state index is -3.74. The van der Waals surface area contributed by atoms with Crippen LogP contribution in [-0.2, 0) is 10.0 Å². The molecule has 1 aliphatic heterocycles. The number of carbonyl (C=O) groups excluding carboxylic acids is 1. The summed E-state index contributed by atoms with van der Waals surface area (Å²) in [5.74, 6) is 0.524. The lowest BCUT2D eigenvalue weighted by molar-refractivity contribution is 0.0764. The Hall–Kier alpha value is -3.30. The first kappa shape index (κ1) is 21.9. The number of hydrogen-bond donors (Lipinski definition) is 0. The van der Waals surface area contributed by atoms with Gasteiger partial charge in [0.1, 0.15) is 17.3 Å². The Labute approximate surface area is 186 Å². The van der Waals surface area contributed by atoms with Crippen molar-refractivity contribution in [1.82, 2.24) is 14.2 Å². The van der Waals surface area contributed by atoms with Crippen LogP contribution in [0.3, 0.4) is 0 Å². The van der Waals surface area contributed by atoms with Crippen LogP contribution in [0.25, 0.3) is 0 Å². The molecule has 4 rings (SSSR count). The van der Waals surface area contributed by atoms with Gasteiger partial charge in [-0.05, 0) is 67.1 Å². The van der Waals surface area contributed by atoms with Crippen molar-refractivity contribution in [2.45, 2.75) is 11.3 Å². The van der Waals surface area contributed by atoms with Gasteiger partial charge >= 0.3 is 0 Å². The molecule has 0 aliphatic carbocycles. The van der Waals surface area contributed by atoms with Gasteiger partial charge in [0.15, 0.2) is 0 Å². The van der Waals surface area contributed by atoms with Crippen LogP contribution in [-0.4, -0.2) is 54.7 Å². The predicted molar refractivity (Wildman–Crippen MR) is 116 cm³/mol. The molecule has 0 unspecified atom stereocenters. The van der Waals surface area contributed by atoms with Crippen molar-refractivity contribution in [3.8, 4) is 11.5 Å². The number of amides is 1. The molecule has 0 radical (unpaired) electrons. The van der Waals surface area contributed by atoms with Crippen LogP contribution in [0, 0.1) is 5.82 Å². The van der Waals surface area contributed by atoms with Crippen molar-refractivity contribution in [3.05, 3.63) is 84.4 Å². The number of hydrogen-bond acceptors (Lipinski definition) is 5. The van der Waals surface area contributed by atoms with Crippen molar-refractivity contribution in [2.75, 3.05) is 26.2 Å². The van der Waals surface area contributed by atoms with Gasteiger partial charge in [0.2, 0.25) is 10.0 Å². The molecule has 3 aromatic rings. The van der Waals surface area contributed by atoms with E-state index in [4.69, 9.17) is 4.74 Å². The quantitative estimate of drug-likeness (QED) is 0.588. The Morgan fingerprint density at radius 3 is 2.34 bits per heavy atom. The van der Waals surface area contributed by atoms with Gasteiger partial charge in [-0.2, -0.15) is 4.31 Å². The number of ether oxygens (including phenoxy) is 1. The van der Waals surface area contributed by atoms with Crippen LogP contribution in [0.4, 0.5) is 4.39 Å². The Bertz CT molecular complexity index is 1170. The molecule has 0 N–H and O–H groups in total. The maximum atomic E-state index is 13.2. The monoisotopic (exact) mass is 455 g/mol. The standard InChI is InChI=1S/C23H22FN3O4S/c24-19-6-10-22(11-7-19)32(29,30)27-14-2-13-26(15-16-27)23(28)18-4-8-20(9-5-18)31-21-3-1-12-25-17-21/h1,3-12,17H,2,13-16H2. The van der Waals surface area contributed by atoms with Crippen LogP contribution in [0.15, 0.2) is 78.0 Å². The summed E-state index contributed by atoms with van der Waals surface area (Å²) in [6, 6.07) is 15.1. The largest absolute Gasteiger partial charge is 0.456 e. The molecule has 32 heavy (non-hydrogen) atoms. The predicted octanol–water partition coefficient (Wildman–Crippen LogP) is 3.55. The fourth-order valence-electron chi connectivity index (χ4n) is 3.48. The molecule has 0 saturated carbocycles. The van der Waals surface area contributed by atoms with Gasteiger partial charge in [-0.15, -0.1) is 0 Å². The molecule has 1 aromatic heterocycles. The molecule has 7 nitrogen and oxygen atoms in total. The third kappa shape index (κ3) is 4.95. The number of nitrogens with zero attached hydrogens (tertiary/aromatic N) is 3. The number of pyridine rings is 1. The van der Waals surface area contributed by atoms with Crippen molar-refractivity contribution < 1.29 is 22.3 Å². The number of aromatic nitrogens is 1. The molecule has 166 valence electrons. The number of benzene rings is 2. The maximum absolute atomic E-state index is 13.2. The van der Waals surface area contributed by atoms with E-state index >= 15 is 0 Å². The van der Waals surface area contributed by atoms with E-state index in [2.05, 4.69) is 4.98 Å². The Morgan fingerprint density at radius 1 is 0.906 bits per heavy atom. The van der Waals surface area contributed by atoms with Crippen molar-refractivity contribution >= 4 is 15.9 Å². The summed E-state index contributed by atoms with van der Waals surface area (Å²) in [4.78, 5) is 18.6. The van der Waals surface area contributed by atoms with Crippen molar-refractivity contribution in [3.63, 3.8) is 0 Å². The highest BCUT2D eigenvalue weighted by Gasteiger charge is 2.28.